The number of halogens is 2. The van der Waals surface area contributed by atoms with Gasteiger partial charge >= 0.3 is 0 Å². The molecule has 1 aliphatic heterocycles. The summed E-state index contributed by atoms with van der Waals surface area (Å²) in [7, 11) is -2.20. The zero-order chi connectivity index (χ0) is 18.7. The summed E-state index contributed by atoms with van der Waals surface area (Å²) < 4.78 is 42.3. The summed E-state index contributed by atoms with van der Waals surface area (Å²) in [4.78, 5) is 0. The van der Waals surface area contributed by atoms with Gasteiger partial charge in [-0.3, -0.25) is 0 Å². The molecule has 0 spiro atoms. The lowest BCUT2D eigenvalue weighted by molar-refractivity contribution is 0.294. The minimum atomic E-state index is -3.66. The predicted octanol–water partition coefficient (Wildman–Crippen LogP) is 4.04. The third kappa shape index (κ3) is 4.09. The van der Waals surface area contributed by atoms with Crippen LogP contribution in [0.2, 0.25) is 5.02 Å². The van der Waals surface area contributed by atoms with Crippen LogP contribution in [-0.2, 0) is 16.8 Å². The average molecular weight is 397 g/mol. The van der Waals surface area contributed by atoms with E-state index in [9.17, 15) is 12.8 Å². The van der Waals surface area contributed by atoms with E-state index in [1.165, 1.54) is 33.4 Å². The Bertz CT molecular complexity index is 833. The molecule has 1 heterocycles. The highest BCUT2D eigenvalue weighted by Gasteiger charge is 2.32. The van der Waals surface area contributed by atoms with E-state index in [1.807, 2.05) is 18.2 Å². The van der Waals surface area contributed by atoms with Gasteiger partial charge in [-0.05, 0) is 36.5 Å². The molecule has 140 valence electrons. The Morgan fingerprint density at radius 2 is 1.77 bits per heavy atom. The summed E-state index contributed by atoms with van der Waals surface area (Å²) in [5.74, 6) is -0.128. The third-order valence-electron chi connectivity index (χ3n) is 4.89. The highest BCUT2D eigenvalue weighted by atomic mass is 35.5. The number of piperidine rings is 1. The molecule has 0 aromatic heterocycles. The van der Waals surface area contributed by atoms with E-state index in [4.69, 9.17) is 11.6 Å². The molecule has 3 rings (SSSR count). The van der Waals surface area contributed by atoms with Crippen molar-refractivity contribution in [2.45, 2.75) is 25.3 Å². The molecular formula is C19H22ClFN2O2S. The summed E-state index contributed by atoms with van der Waals surface area (Å²) in [5, 5.41) is 0.231. The van der Waals surface area contributed by atoms with E-state index in [-0.39, 0.29) is 17.1 Å². The van der Waals surface area contributed by atoms with E-state index in [0.29, 0.717) is 19.0 Å². The first-order valence-corrected chi connectivity index (χ1v) is 10.4. The van der Waals surface area contributed by atoms with Gasteiger partial charge in [0.15, 0.2) is 0 Å². The lowest BCUT2D eigenvalue weighted by Gasteiger charge is -2.34. The zero-order valence-electron chi connectivity index (χ0n) is 14.6. The molecule has 1 aliphatic rings. The van der Waals surface area contributed by atoms with Gasteiger partial charge in [0.05, 0.1) is 0 Å². The summed E-state index contributed by atoms with van der Waals surface area (Å²) in [6.07, 6.45) is 1.55. The van der Waals surface area contributed by atoms with E-state index >= 15 is 0 Å². The Hall–Kier alpha value is -1.47. The molecule has 1 saturated heterocycles. The minimum Gasteiger partial charge on any atom is -0.207 e. The van der Waals surface area contributed by atoms with Gasteiger partial charge in [-0.25, -0.2) is 4.39 Å². The van der Waals surface area contributed by atoms with Crippen molar-refractivity contribution in [3.63, 3.8) is 0 Å². The second-order valence-corrected chi connectivity index (χ2v) is 8.99. The smallest absolute Gasteiger partial charge is 0.207 e. The standard InChI is InChI=1S/C19H22ClFN2O2S/c1-22(14-17-18(20)8-5-9-19(17)21)26(24,25)23-12-10-16(11-13-23)15-6-3-2-4-7-15/h2-9,16H,10-14H2,1H3. The first kappa shape index (κ1) is 19.3. The molecule has 0 bridgehead atoms. The number of hydrogen-bond acceptors (Lipinski definition) is 2. The molecule has 0 atom stereocenters. The van der Waals surface area contributed by atoms with Gasteiger partial charge < -0.3 is 0 Å². The van der Waals surface area contributed by atoms with Crippen LogP contribution in [0.5, 0.6) is 0 Å². The van der Waals surface area contributed by atoms with E-state index < -0.39 is 16.0 Å². The molecule has 26 heavy (non-hydrogen) atoms. The number of rotatable bonds is 5. The third-order valence-corrected chi connectivity index (χ3v) is 7.18. The van der Waals surface area contributed by atoms with Gasteiger partial charge in [0, 0.05) is 37.3 Å². The second kappa shape index (κ2) is 8.05. The van der Waals surface area contributed by atoms with Crippen LogP contribution in [0.3, 0.4) is 0 Å². The molecule has 4 nitrogen and oxygen atoms in total. The van der Waals surface area contributed by atoms with Crippen molar-refractivity contribution in [3.8, 4) is 0 Å². The van der Waals surface area contributed by atoms with Crippen molar-refractivity contribution in [2.75, 3.05) is 20.1 Å². The molecule has 0 radical (unpaired) electrons. The summed E-state index contributed by atoms with van der Waals surface area (Å²) in [6.45, 7) is 0.820. The lowest BCUT2D eigenvalue weighted by Crippen LogP contribution is -2.45. The Kier molecular flexibility index (Phi) is 5.97. The number of benzene rings is 2. The fourth-order valence-corrected chi connectivity index (χ4v) is 4.91. The molecule has 0 N–H and O–H groups in total. The Balaban J connectivity index is 1.67. The number of nitrogens with zero attached hydrogens (tertiary/aromatic N) is 2. The van der Waals surface area contributed by atoms with Crippen molar-refractivity contribution in [2.24, 2.45) is 0 Å². The normalized spacial score (nSPS) is 16.9. The van der Waals surface area contributed by atoms with Crippen LogP contribution in [0, 0.1) is 5.82 Å². The van der Waals surface area contributed by atoms with E-state index in [1.54, 1.807) is 6.07 Å². The van der Waals surface area contributed by atoms with Crippen LogP contribution in [0.1, 0.15) is 29.9 Å². The molecule has 1 fully saturated rings. The predicted molar refractivity (Wildman–Crippen MR) is 102 cm³/mol. The Morgan fingerprint density at radius 3 is 2.38 bits per heavy atom. The first-order valence-electron chi connectivity index (χ1n) is 8.59. The maximum absolute atomic E-state index is 14.0. The van der Waals surface area contributed by atoms with Gasteiger partial charge in [-0.1, -0.05) is 48.0 Å². The van der Waals surface area contributed by atoms with E-state index in [2.05, 4.69) is 12.1 Å². The molecule has 0 saturated carbocycles. The monoisotopic (exact) mass is 396 g/mol. The maximum atomic E-state index is 14.0. The highest BCUT2D eigenvalue weighted by Crippen LogP contribution is 2.30. The van der Waals surface area contributed by atoms with Gasteiger partial charge in [-0.2, -0.15) is 17.0 Å². The first-order chi connectivity index (χ1) is 12.4. The van der Waals surface area contributed by atoms with Crippen molar-refractivity contribution >= 4 is 21.8 Å². The van der Waals surface area contributed by atoms with Crippen LogP contribution >= 0.6 is 11.6 Å². The quantitative estimate of drug-likeness (QED) is 0.765. The lowest BCUT2D eigenvalue weighted by atomic mass is 9.90. The largest absolute Gasteiger partial charge is 0.282 e. The van der Waals surface area contributed by atoms with Crippen LogP contribution in [0.25, 0.3) is 0 Å². The van der Waals surface area contributed by atoms with Crippen molar-refractivity contribution in [1.82, 2.24) is 8.61 Å². The fraction of sp³-hybridized carbons (Fsp3) is 0.368. The topological polar surface area (TPSA) is 40.6 Å². The molecule has 0 aliphatic carbocycles. The van der Waals surface area contributed by atoms with Crippen LogP contribution in [0.15, 0.2) is 48.5 Å². The van der Waals surface area contributed by atoms with Crippen molar-refractivity contribution in [3.05, 3.63) is 70.5 Å². The SMILES string of the molecule is CN(Cc1c(F)cccc1Cl)S(=O)(=O)N1CCC(c2ccccc2)CC1. The average Bonchev–Trinajstić information content (AvgIpc) is 2.65. The zero-order valence-corrected chi connectivity index (χ0v) is 16.2. The van der Waals surface area contributed by atoms with Crippen LogP contribution in [0.4, 0.5) is 4.39 Å². The minimum absolute atomic E-state index is 0.0908. The van der Waals surface area contributed by atoms with Crippen LogP contribution < -0.4 is 0 Å². The number of hydrogen-bond donors (Lipinski definition) is 0. The fourth-order valence-electron chi connectivity index (χ4n) is 3.33. The van der Waals surface area contributed by atoms with Crippen molar-refractivity contribution in [1.29, 1.82) is 0 Å². The molecule has 2 aromatic rings. The summed E-state index contributed by atoms with van der Waals surface area (Å²) in [6, 6.07) is 14.5. The Labute approximate surface area is 159 Å². The molecule has 2 aromatic carbocycles. The molecule has 0 amide bonds. The maximum Gasteiger partial charge on any atom is 0.282 e. The van der Waals surface area contributed by atoms with Crippen LogP contribution in [-0.4, -0.2) is 37.2 Å². The molecule has 7 heteroatoms. The van der Waals surface area contributed by atoms with Gasteiger partial charge in [0.1, 0.15) is 5.82 Å². The van der Waals surface area contributed by atoms with Gasteiger partial charge in [0.25, 0.3) is 10.2 Å². The van der Waals surface area contributed by atoms with Gasteiger partial charge in [0.2, 0.25) is 0 Å². The van der Waals surface area contributed by atoms with Crippen molar-refractivity contribution < 1.29 is 12.8 Å². The van der Waals surface area contributed by atoms with Gasteiger partial charge in [-0.15, -0.1) is 0 Å². The molecule has 0 unspecified atom stereocenters. The van der Waals surface area contributed by atoms with E-state index in [0.717, 1.165) is 12.8 Å². The second-order valence-electron chi connectivity index (χ2n) is 6.55. The summed E-state index contributed by atoms with van der Waals surface area (Å²) >= 11 is 6.02. The summed E-state index contributed by atoms with van der Waals surface area (Å²) in [5.41, 5.74) is 1.44. The highest BCUT2D eigenvalue weighted by molar-refractivity contribution is 7.86. The molecular weight excluding hydrogens is 375 g/mol. The Morgan fingerprint density at radius 1 is 1.12 bits per heavy atom.